The highest BCUT2D eigenvalue weighted by Gasteiger charge is 2.09. The Morgan fingerprint density at radius 2 is 2.00 bits per heavy atom. The summed E-state index contributed by atoms with van der Waals surface area (Å²) in [5.74, 6) is 0.691. The molecule has 2 unspecified atom stereocenters. The summed E-state index contributed by atoms with van der Waals surface area (Å²) < 4.78 is 11.8. The zero-order valence-electron chi connectivity index (χ0n) is 8.69. The van der Waals surface area contributed by atoms with Crippen molar-refractivity contribution in [3.63, 3.8) is 0 Å². The Hall–Kier alpha value is -0.670. The summed E-state index contributed by atoms with van der Waals surface area (Å²) in [7, 11) is 1.04. The topological polar surface area (TPSA) is 29.1 Å². The Morgan fingerprint density at radius 1 is 1.36 bits per heavy atom. The second-order valence-corrected chi connectivity index (χ2v) is 4.71. The molecule has 0 bridgehead atoms. The van der Waals surface area contributed by atoms with Gasteiger partial charge in [0.05, 0.1) is 10.8 Å². The van der Waals surface area contributed by atoms with E-state index < -0.39 is 10.8 Å². The van der Waals surface area contributed by atoms with Crippen LogP contribution in [0.5, 0.6) is 0 Å². The molecule has 0 aromatic heterocycles. The van der Waals surface area contributed by atoms with Gasteiger partial charge in [-0.15, -0.1) is 0 Å². The van der Waals surface area contributed by atoms with Gasteiger partial charge in [-0.25, -0.2) is 0 Å². The zero-order chi connectivity index (χ0) is 10.4. The number of nitrogens with one attached hydrogen (secondary N) is 1. The van der Waals surface area contributed by atoms with Gasteiger partial charge in [-0.3, -0.25) is 4.21 Å². The highest BCUT2D eigenvalue weighted by atomic mass is 32.2. The molecule has 0 aliphatic rings. The lowest BCUT2D eigenvalue weighted by atomic mass is 10.3. The Labute approximate surface area is 88.2 Å². The van der Waals surface area contributed by atoms with Crippen molar-refractivity contribution in [1.82, 2.24) is 5.32 Å². The van der Waals surface area contributed by atoms with Crippen LogP contribution in [-0.4, -0.2) is 23.1 Å². The minimum atomic E-state index is -0.876. The molecule has 0 saturated heterocycles. The van der Waals surface area contributed by atoms with E-state index in [1.54, 1.807) is 0 Å². The molecule has 1 N–H and O–H groups in total. The largest absolute Gasteiger partial charge is 0.316 e. The molecule has 0 aliphatic carbocycles. The van der Waals surface area contributed by atoms with Crippen LogP contribution < -0.4 is 5.32 Å². The molecule has 0 saturated carbocycles. The van der Waals surface area contributed by atoms with Crippen LogP contribution in [0.15, 0.2) is 35.2 Å². The third-order valence-electron chi connectivity index (χ3n) is 2.26. The smallest absolute Gasteiger partial charge is 0.0545 e. The van der Waals surface area contributed by atoms with E-state index in [1.807, 2.05) is 37.4 Å². The summed E-state index contributed by atoms with van der Waals surface area (Å²) in [6.45, 7) is 2.10. The van der Waals surface area contributed by atoms with Crippen LogP contribution in [0, 0.1) is 0 Å². The maximum atomic E-state index is 11.8. The molecular formula is C11H17NOS. The average molecular weight is 211 g/mol. The first-order valence-electron chi connectivity index (χ1n) is 4.88. The highest BCUT2D eigenvalue weighted by molar-refractivity contribution is 7.85. The van der Waals surface area contributed by atoms with E-state index in [2.05, 4.69) is 12.2 Å². The van der Waals surface area contributed by atoms with Gasteiger partial charge >= 0.3 is 0 Å². The molecule has 78 valence electrons. The normalized spacial score (nSPS) is 15.0. The van der Waals surface area contributed by atoms with Crippen LogP contribution in [-0.2, 0) is 10.8 Å². The third kappa shape index (κ3) is 3.24. The summed E-state index contributed by atoms with van der Waals surface area (Å²) in [6, 6.07) is 9.96. The van der Waals surface area contributed by atoms with E-state index in [0.717, 1.165) is 11.3 Å². The van der Waals surface area contributed by atoms with E-state index in [-0.39, 0.29) is 0 Å². The maximum absolute atomic E-state index is 11.8. The van der Waals surface area contributed by atoms with Crippen molar-refractivity contribution in [2.75, 3.05) is 12.8 Å². The van der Waals surface area contributed by atoms with Crippen molar-refractivity contribution >= 4 is 10.8 Å². The van der Waals surface area contributed by atoms with Crippen LogP contribution in [0.4, 0.5) is 0 Å². The molecule has 1 aromatic rings. The van der Waals surface area contributed by atoms with Crippen LogP contribution >= 0.6 is 0 Å². The monoisotopic (exact) mass is 211 g/mol. The van der Waals surface area contributed by atoms with Crippen LogP contribution in [0.3, 0.4) is 0 Å². The van der Waals surface area contributed by atoms with Crippen molar-refractivity contribution < 1.29 is 4.21 Å². The summed E-state index contributed by atoms with van der Waals surface area (Å²) in [5, 5.41) is 3.16. The molecule has 14 heavy (non-hydrogen) atoms. The summed E-state index contributed by atoms with van der Waals surface area (Å²) in [5.41, 5.74) is 0. The fourth-order valence-corrected chi connectivity index (χ4v) is 2.68. The lowest BCUT2D eigenvalue weighted by Gasteiger charge is -2.12. The van der Waals surface area contributed by atoms with Crippen molar-refractivity contribution in [3.05, 3.63) is 30.3 Å². The maximum Gasteiger partial charge on any atom is 0.0545 e. The van der Waals surface area contributed by atoms with E-state index in [0.29, 0.717) is 11.8 Å². The summed E-state index contributed by atoms with van der Waals surface area (Å²) >= 11 is 0. The quantitative estimate of drug-likeness (QED) is 0.804. The van der Waals surface area contributed by atoms with Gasteiger partial charge < -0.3 is 5.32 Å². The molecule has 3 heteroatoms. The first-order valence-corrected chi connectivity index (χ1v) is 6.20. The van der Waals surface area contributed by atoms with Crippen molar-refractivity contribution in [2.45, 2.75) is 24.3 Å². The molecule has 1 rings (SSSR count). The lowest BCUT2D eigenvalue weighted by molar-refractivity contribution is 0.590. The first kappa shape index (κ1) is 11.4. The fourth-order valence-electron chi connectivity index (χ4n) is 1.26. The number of rotatable bonds is 5. The average Bonchev–Trinajstić information content (AvgIpc) is 2.26. The van der Waals surface area contributed by atoms with Gasteiger partial charge in [0.25, 0.3) is 0 Å². The first-order chi connectivity index (χ1) is 6.77. The SMILES string of the molecule is CCC(CS(=O)c1ccccc1)NC. The Bertz CT molecular complexity index is 283. The standard InChI is InChI=1S/C11H17NOS/c1-3-10(12-2)9-14(13)11-7-5-4-6-8-11/h4-8,10,12H,3,9H2,1-2H3. The predicted octanol–water partition coefficient (Wildman–Crippen LogP) is 1.79. The second-order valence-electron chi connectivity index (χ2n) is 3.22. The molecule has 2 atom stereocenters. The van der Waals surface area contributed by atoms with Gasteiger partial charge in [0, 0.05) is 16.7 Å². The minimum Gasteiger partial charge on any atom is -0.316 e. The van der Waals surface area contributed by atoms with Crippen LogP contribution in [0.1, 0.15) is 13.3 Å². The lowest BCUT2D eigenvalue weighted by Crippen LogP contribution is -2.30. The van der Waals surface area contributed by atoms with Crippen molar-refractivity contribution in [3.8, 4) is 0 Å². The molecule has 0 spiro atoms. The van der Waals surface area contributed by atoms with Gasteiger partial charge in [0.15, 0.2) is 0 Å². The van der Waals surface area contributed by atoms with Gasteiger partial charge in [0.2, 0.25) is 0 Å². The van der Waals surface area contributed by atoms with Crippen molar-refractivity contribution in [2.24, 2.45) is 0 Å². The Balaban J connectivity index is 2.59. The summed E-state index contributed by atoms with van der Waals surface area (Å²) in [6.07, 6.45) is 1.01. The van der Waals surface area contributed by atoms with E-state index >= 15 is 0 Å². The van der Waals surface area contributed by atoms with Crippen LogP contribution in [0.25, 0.3) is 0 Å². The molecular weight excluding hydrogens is 194 g/mol. The minimum absolute atomic E-state index is 0.344. The predicted molar refractivity (Wildman–Crippen MR) is 60.9 cm³/mol. The Morgan fingerprint density at radius 3 is 2.50 bits per heavy atom. The fraction of sp³-hybridized carbons (Fsp3) is 0.455. The molecule has 0 radical (unpaired) electrons. The number of hydrogen-bond acceptors (Lipinski definition) is 2. The van der Waals surface area contributed by atoms with E-state index in [4.69, 9.17) is 0 Å². The van der Waals surface area contributed by atoms with E-state index in [9.17, 15) is 4.21 Å². The molecule has 0 heterocycles. The molecule has 2 nitrogen and oxygen atoms in total. The van der Waals surface area contributed by atoms with E-state index in [1.165, 1.54) is 0 Å². The summed E-state index contributed by atoms with van der Waals surface area (Å²) in [4.78, 5) is 0.918. The molecule has 0 aliphatic heterocycles. The van der Waals surface area contributed by atoms with Gasteiger partial charge in [-0.2, -0.15) is 0 Å². The number of hydrogen-bond donors (Lipinski definition) is 1. The second kappa shape index (κ2) is 5.94. The molecule has 1 aromatic carbocycles. The highest BCUT2D eigenvalue weighted by Crippen LogP contribution is 2.07. The molecule has 0 amide bonds. The van der Waals surface area contributed by atoms with Crippen LogP contribution in [0.2, 0.25) is 0 Å². The van der Waals surface area contributed by atoms with Crippen molar-refractivity contribution in [1.29, 1.82) is 0 Å². The third-order valence-corrected chi connectivity index (χ3v) is 3.76. The zero-order valence-corrected chi connectivity index (χ0v) is 9.51. The van der Waals surface area contributed by atoms with Gasteiger partial charge in [-0.1, -0.05) is 25.1 Å². The number of benzene rings is 1. The van der Waals surface area contributed by atoms with Gasteiger partial charge in [0.1, 0.15) is 0 Å². The Kier molecular flexibility index (Phi) is 4.84. The molecule has 0 fully saturated rings. The van der Waals surface area contributed by atoms with Gasteiger partial charge in [-0.05, 0) is 25.6 Å².